The normalized spacial score (nSPS) is 10.4. The van der Waals surface area contributed by atoms with Crippen molar-refractivity contribution in [1.29, 1.82) is 0 Å². The first kappa shape index (κ1) is 18.2. The van der Waals surface area contributed by atoms with Crippen molar-refractivity contribution >= 4 is 28.6 Å². The standard InChI is InChI=1S/C20H20N4O3/c25-18(10-11-21-20(27)14-6-2-1-3-7-14)23-24-19(26)12-15-13-22-17-9-5-4-8-16(15)17/h1-9,13,22H,10-12H2,(H,21,27)(H,23,25)(H,24,26). The highest BCUT2D eigenvalue weighted by molar-refractivity contribution is 5.94. The molecule has 1 aromatic heterocycles. The van der Waals surface area contributed by atoms with Crippen molar-refractivity contribution < 1.29 is 14.4 Å². The lowest BCUT2D eigenvalue weighted by Crippen LogP contribution is -2.43. The van der Waals surface area contributed by atoms with Crippen molar-refractivity contribution in [2.24, 2.45) is 0 Å². The van der Waals surface area contributed by atoms with Gasteiger partial charge in [0.25, 0.3) is 5.91 Å². The van der Waals surface area contributed by atoms with Gasteiger partial charge in [0.1, 0.15) is 0 Å². The van der Waals surface area contributed by atoms with E-state index in [0.29, 0.717) is 5.56 Å². The SMILES string of the molecule is O=C(CCNC(=O)c1ccccc1)NNC(=O)Cc1c[nH]c2ccccc12. The summed E-state index contributed by atoms with van der Waals surface area (Å²) in [5.74, 6) is -0.941. The minimum Gasteiger partial charge on any atom is -0.361 e. The number of H-pyrrole nitrogens is 1. The Labute approximate surface area is 156 Å². The molecule has 0 atom stereocenters. The molecule has 4 N–H and O–H groups in total. The molecule has 0 aliphatic heterocycles. The van der Waals surface area contributed by atoms with Crippen LogP contribution >= 0.6 is 0 Å². The quantitative estimate of drug-likeness (QED) is 0.500. The van der Waals surface area contributed by atoms with E-state index in [-0.39, 0.29) is 37.1 Å². The smallest absolute Gasteiger partial charge is 0.251 e. The molecular formula is C20H20N4O3. The van der Waals surface area contributed by atoms with Gasteiger partial charge in [-0.25, -0.2) is 0 Å². The predicted molar refractivity (Wildman–Crippen MR) is 102 cm³/mol. The van der Waals surface area contributed by atoms with E-state index in [1.54, 1.807) is 30.5 Å². The number of aromatic amines is 1. The van der Waals surface area contributed by atoms with Crippen molar-refractivity contribution in [2.75, 3.05) is 6.54 Å². The number of fused-ring (bicyclic) bond motifs is 1. The number of hydrazine groups is 1. The molecule has 7 heteroatoms. The number of amides is 3. The third-order valence-corrected chi connectivity index (χ3v) is 4.04. The first-order chi connectivity index (χ1) is 13.1. The molecular weight excluding hydrogens is 344 g/mol. The van der Waals surface area contributed by atoms with E-state index in [1.807, 2.05) is 30.3 Å². The number of benzene rings is 2. The second-order valence-corrected chi connectivity index (χ2v) is 6.00. The lowest BCUT2D eigenvalue weighted by atomic mass is 10.1. The van der Waals surface area contributed by atoms with Gasteiger partial charge in [0.2, 0.25) is 11.8 Å². The Morgan fingerprint density at radius 2 is 1.56 bits per heavy atom. The van der Waals surface area contributed by atoms with E-state index in [1.165, 1.54) is 0 Å². The Morgan fingerprint density at radius 1 is 0.852 bits per heavy atom. The fourth-order valence-corrected chi connectivity index (χ4v) is 2.68. The van der Waals surface area contributed by atoms with E-state index < -0.39 is 0 Å². The van der Waals surface area contributed by atoms with Crippen molar-refractivity contribution in [3.63, 3.8) is 0 Å². The minimum atomic E-state index is -0.379. The molecule has 3 amide bonds. The van der Waals surface area contributed by atoms with Gasteiger partial charge in [0, 0.05) is 35.6 Å². The van der Waals surface area contributed by atoms with Crippen LogP contribution in [0.4, 0.5) is 0 Å². The van der Waals surface area contributed by atoms with Crippen LogP contribution < -0.4 is 16.2 Å². The van der Waals surface area contributed by atoms with Gasteiger partial charge in [0.15, 0.2) is 0 Å². The van der Waals surface area contributed by atoms with Crippen LogP contribution in [0.3, 0.4) is 0 Å². The third kappa shape index (κ3) is 4.94. The molecule has 138 valence electrons. The maximum Gasteiger partial charge on any atom is 0.251 e. The van der Waals surface area contributed by atoms with Crippen molar-refractivity contribution in [1.82, 2.24) is 21.2 Å². The molecule has 0 fully saturated rings. The number of rotatable bonds is 6. The Hall–Kier alpha value is -3.61. The molecule has 0 aliphatic rings. The molecule has 3 aromatic rings. The number of carbonyl (C=O) groups excluding carboxylic acids is 3. The first-order valence-corrected chi connectivity index (χ1v) is 8.59. The zero-order valence-corrected chi connectivity index (χ0v) is 14.6. The summed E-state index contributed by atoms with van der Waals surface area (Å²) in [7, 11) is 0. The van der Waals surface area contributed by atoms with Gasteiger partial charge in [0.05, 0.1) is 6.42 Å². The molecule has 0 saturated heterocycles. The van der Waals surface area contributed by atoms with Gasteiger partial charge in [-0.15, -0.1) is 0 Å². The summed E-state index contributed by atoms with van der Waals surface area (Å²) in [5, 5.41) is 3.63. The van der Waals surface area contributed by atoms with Gasteiger partial charge in [-0.3, -0.25) is 25.2 Å². The molecule has 0 saturated carbocycles. The van der Waals surface area contributed by atoms with Crippen LogP contribution in [0, 0.1) is 0 Å². The highest BCUT2D eigenvalue weighted by Gasteiger charge is 2.10. The van der Waals surface area contributed by atoms with Gasteiger partial charge < -0.3 is 10.3 Å². The van der Waals surface area contributed by atoms with Crippen LogP contribution in [0.15, 0.2) is 60.8 Å². The number of hydrogen-bond donors (Lipinski definition) is 4. The summed E-state index contributed by atoms with van der Waals surface area (Å²) < 4.78 is 0. The van der Waals surface area contributed by atoms with E-state index in [4.69, 9.17) is 0 Å². The first-order valence-electron chi connectivity index (χ1n) is 8.59. The lowest BCUT2D eigenvalue weighted by molar-refractivity contribution is -0.128. The van der Waals surface area contributed by atoms with Gasteiger partial charge in [-0.1, -0.05) is 36.4 Å². The second kappa shape index (κ2) is 8.66. The van der Waals surface area contributed by atoms with E-state index >= 15 is 0 Å². The highest BCUT2D eigenvalue weighted by atomic mass is 16.2. The topological polar surface area (TPSA) is 103 Å². The van der Waals surface area contributed by atoms with Crippen molar-refractivity contribution in [3.8, 4) is 0 Å². The zero-order valence-electron chi connectivity index (χ0n) is 14.6. The molecule has 2 aromatic carbocycles. The monoisotopic (exact) mass is 364 g/mol. The Kier molecular flexibility index (Phi) is 5.84. The average molecular weight is 364 g/mol. The molecule has 0 unspecified atom stereocenters. The summed E-state index contributed by atoms with van der Waals surface area (Å²) in [6.07, 6.45) is 1.99. The molecule has 0 aliphatic carbocycles. The number of hydrogen-bond acceptors (Lipinski definition) is 3. The van der Waals surface area contributed by atoms with E-state index in [0.717, 1.165) is 16.5 Å². The van der Waals surface area contributed by atoms with Crippen LogP contribution in [-0.4, -0.2) is 29.3 Å². The zero-order chi connectivity index (χ0) is 19.1. The fourth-order valence-electron chi connectivity index (χ4n) is 2.68. The van der Waals surface area contributed by atoms with E-state index in [2.05, 4.69) is 21.2 Å². The highest BCUT2D eigenvalue weighted by Crippen LogP contribution is 2.17. The number of aromatic nitrogens is 1. The molecule has 1 heterocycles. The minimum absolute atomic E-state index is 0.0614. The Balaban J connectivity index is 1.38. The predicted octanol–water partition coefficient (Wildman–Crippen LogP) is 1.68. The number of carbonyl (C=O) groups is 3. The maximum absolute atomic E-state index is 12.0. The Morgan fingerprint density at radius 3 is 2.37 bits per heavy atom. The summed E-state index contributed by atoms with van der Waals surface area (Å²) >= 11 is 0. The molecule has 0 radical (unpaired) electrons. The number of para-hydroxylation sites is 1. The molecule has 0 spiro atoms. The lowest BCUT2D eigenvalue weighted by Gasteiger charge is -2.08. The molecule has 7 nitrogen and oxygen atoms in total. The van der Waals surface area contributed by atoms with Gasteiger partial charge >= 0.3 is 0 Å². The Bertz CT molecular complexity index is 950. The molecule has 0 bridgehead atoms. The van der Waals surface area contributed by atoms with Crippen LogP contribution in [-0.2, 0) is 16.0 Å². The van der Waals surface area contributed by atoms with Crippen LogP contribution in [0.5, 0.6) is 0 Å². The summed E-state index contributed by atoms with van der Waals surface area (Å²) in [6.45, 7) is 0.178. The summed E-state index contributed by atoms with van der Waals surface area (Å²) in [6, 6.07) is 16.4. The number of nitrogens with one attached hydrogen (secondary N) is 4. The summed E-state index contributed by atoms with van der Waals surface area (Å²) in [4.78, 5) is 38.8. The van der Waals surface area contributed by atoms with Gasteiger partial charge in [-0.2, -0.15) is 0 Å². The van der Waals surface area contributed by atoms with Crippen LogP contribution in [0.25, 0.3) is 10.9 Å². The van der Waals surface area contributed by atoms with Crippen molar-refractivity contribution in [2.45, 2.75) is 12.8 Å². The van der Waals surface area contributed by atoms with Crippen LogP contribution in [0.2, 0.25) is 0 Å². The van der Waals surface area contributed by atoms with Crippen molar-refractivity contribution in [3.05, 3.63) is 71.9 Å². The fraction of sp³-hybridized carbons (Fsp3) is 0.150. The maximum atomic E-state index is 12.0. The third-order valence-electron chi connectivity index (χ3n) is 4.04. The second-order valence-electron chi connectivity index (χ2n) is 6.00. The average Bonchev–Trinajstić information content (AvgIpc) is 3.10. The van der Waals surface area contributed by atoms with E-state index in [9.17, 15) is 14.4 Å². The summed E-state index contributed by atoms with van der Waals surface area (Å²) in [5.41, 5.74) is 7.09. The largest absolute Gasteiger partial charge is 0.361 e. The molecule has 3 rings (SSSR count). The van der Waals surface area contributed by atoms with Gasteiger partial charge in [-0.05, 0) is 23.8 Å². The van der Waals surface area contributed by atoms with Crippen LogP contribution in [0.1, 0.15) is 22.3 Å². The molecule has 27 heavy (non-hydrogen) atoms.